The summed E-state index contributed by atoms with van der Waals surface area (Å²) >= 11 is 0. The topological polar surface area (TPSA) is 123 Å². The van der Waals surface area contributed by atoms with Crippen LogP contribution in [-0.4, -0.2) is 29.6 Å². The van der Waals surface area contributed by atoms with Gasteiger partial charge >= 0.3 is 0 Å². The molecule has 0 saturated carbocycles. The molecule has 8 nitrogen and oxygen atoms in total. The molecule has 0 aliphatic carbocycles. The van der Waals surface area contributed by atoms with Crippen LogP contribution in [0.25, 0.3) is 17.2 Å². The molecule has 3 aromatic rings. The van der Waals surface area contributed by atoms with E-state index in [-0.39, 0.29) is 11.5 Å². The average Bonchev–Trinajstić information content (AvgIpc) is 3.08. The van der Waals surface area contributed by atoms with Gasteiger partial charge < -0.3 is 10.8 Å². The average molecular weight is 326 g/mol. The first-order chi connectivity index (χ1) is 11.5. The molecule has 24 heavy (non-hydrogen) atoms. The van der Waals surface area contributed by atoms with E-state index in [0.29, 0.717) is 28.5 Å². The zero-order chi connectivity index (χ0) is 17.3. The number of hydrogen-bond acceptors (Lipinski definition) is 6. The highest BCUT2D eigenvalue weighted by Gasteiger charge is 2.17. The van der Waals surface area contributed by atoms with E-state index < -0.39 is 6.23 Å². The Labute approximate surface area is 138 Å². The molecule has 0 aliphatic rings. The highest BCUT2D eigenvalue weighted by atomic mass is 16.3. The van der Waals surface area contributed by atoms with Gasteiger partial charge in [-0.2, -0.15) is 0 Å². The fourth-order valence-corrected chi connectivity index (χ4v) is 2.45. The van der Waals surface area contributed by atoms with Gasteiger partial charge in [-0.05, 0) is 18.1 Å². The summed E-state index contributed by atoms with van der Waals surface area (Å²) in [7, 11) is 0. The van der Waals surface area contributed by atoms with Gasteiger partial charge in [0.05, 0.1) is 11.4 Å². The number of pyridine rings is 1. The third-order valence-corrected chi connectivity index (χ3v) is 3.63. The second kappa shape index (κ2) is 6.34. The lowest BCUT2D eigenvalue weighted by molar-refractivity contribution is 0.181. The number of nitrogens with two attached hydrogens (primary N) is 1. The number of imidazole rings is 1. The SMILES string of the molecule is CC(C)c1c(-c2ccc(C(N)O)nc2)nc(-n2ccnc2)[nH]c1=O. The van der Waals surface area contributed by atoms with Crippen LogP contribution in [0, 0.1) is 0 Å². The molecule has 1 unspecified atom stereocenters. The Kier molecular flexibility index (Phi) is 4.24. The fourth-order valence-electron chi connectivity index (χ4n) is 2.45. The molecule has 0 radical (unpaired) electrons. The van der Waals surface area contributed by atoms with Gasteiger partial charge in [0, 0.05) is 29.7 Å². The summed E-state index contributed by atoms with van der Waals surface area (Å²) in [6, 6.07) is 3.35. The second-order valence-corrected chi connectivity index (χ2v) is 5.69. The normalized spacial score (nSPS) is 12.5. The van der Waals surface area contributed by atoms with Gasteiger partial charge in [-0.1, -0.05) is 13.8 Å². The monoisotopic (exact) mass is 326 g/mol. The Hall–Kier alpha value is -2.84. The molecule has 3 heterocycles. The van der Waals surface area contributed by atoms with Gasteiger partial charge in [-0.15, -0.1) is 0 Å². The highest BCUT2D eigenvalue weighted by molar-refractivity contribution is 5.63. The van der Waals surface area contributed by atoms with Crippen LogP contribution < -0.4 is 11.3 Å². The number of H-pyrrole nitrogens is 1. The van der Waals surface area contributed by atoms with Crippen molar-refractivity contribution in [1.82, 2.24) is 24.5 Å². The van der Waals surface area contributed by atoms with Crippen molar-refractivity contribution in [2.24, 2.45) is 5.73 Å². The Bertz CT molecular complexity index is 882. The van der Waals surface area contributed by atoms with Crippen LogP contribution in [0.3, 0.4) is 0 Å². The predicted molar refractivity (Wildman–Crippen MR) is 88.4 cm³/mol. The van der Waals surface area contributed by atoms with Crippen LogP contribution >= 0.6 is 0 Å². The van der Waals surface area contributed by atoms with Gasteiger partial charge in [-0.25, -0.2) is 9.97 Å². The van der Waals surface area contributed by atoms with E-state index in [9.17, 15) is 9.90 Å². The molecule has 4 N–H and O–H groups in total. The van der Waals surface area contributed by atoms with Crippen molar-refractivity contribution < 1.29 is 5.11 Å². The van der Waals surface area contributed by atoms with Gasteiger partial charge in [0.1, 0.15) is 12.6 Å². The molecule has 0 spiro atoms. The van der Waals surface area contributed by atoms with E-state index in [1.54, 1.807) is 41.6 Å². The summed E-state index contributed by atoms with van der Waals surface area (Å²) in [4.78, 5) is 28.0. The van der Waals surface area contributed by atoms with Crippen molar-refractivity contribution in [2.45, 2.75) is 26.0 Å². The lowest BCUT2D eigenvalue weighted by Crippen LogP contribution is -2.20. The molecule has 0 bridgehead atoms. The van der Waals surface area contributed by atoms with E-state index >= 15 is 0 Å². The summed E-state index contributed by atoms with van der Waals surface area (Å²) in [5, 5.41) is 9.38. The predicted octanol–water partition coefficient (Wildman–Crippen LogP) is 1.09. The Morgan fingerprint density at radius 1 is 1.33 bits per heavy atom. The summed E-state index contributed by atoms with van der Waals surface area (Å²) < 4.78 is 1.63. The van der Waals surface area contributed by atoms with E-state index in [1.807, 2.05) is 13.8 Å². The van der Waals surface area contributed by atoms with Gasteiger partial charge in [0.25, 0.3) is 5.56 Å². The Morgan fingerprint density at radius 2 is 2.12 bits per heavy atom. The maximum Gasteiger partial charge on any atom is 0.256 e. The first-order valence-corrected chi connectivity index (χ1v) is 7.50. The van der Waals surface area contributed by atoms with Crippen LogP contribution in [0.1, 0.15) is 37.3 Å². The zero-order valence-corrected chi connectivity index (χ0v) is 13.3. The van der Waals surface area contributed by atoms with Gasteiger partial charge in [-0.3, -0.25) is 19.3 Å². The number of nitrogens with one attached hydrogen (secondary N) is 1. The molecule has 3 rings (SSSR count). The van der Waals surface area contributed by atoms with Crippen molar-refractivity contribution in [2.75, 3.05) is 0 Å². The number of aromatic nitrogens is 5. The Balaban J connectivity index is 2.18. The second-order valence-electron chi connectivity index (χ2n) is 5.69. The van der Waals surface area contributed by atoms with Crippen molar-refractivity contribution in [3.8, 4) is 17.2 Å². The quantitative estimate of drug-likeness (QED) is 0.617. The van der Waals surface area contributed by atoms with Crippen molar-refractivity contribution in [3.63, 3.8) is 0 Å². The smallest absolute Gasteiger partial charge is 0.256 e. The first kappa shape index (κ1) is 16.0. The third kappa shape index (κ3) is 2.97. The van der Waals surface area contributed by atoms with Gasteiger partial charge in [0.2, 0.25) is 5.95 Å². The third-order valence-electron chi connectivity index (χ3n) is 3.63. The number of hydrogen-bond donors (Lipinski definition) is 3. The molecular weight excluding hydrogens is 308 g/mol. The van der Waals surface area contributed by atoms with Crippen LogP contribution in [0.2, 0.25) is 0 Å². The lowest BCUT2D eigenvalue weighted by atomic mass is 9.99. The molecule has 0 aliphatic heterocycles. The first-order valence-electron chi connectivity index (χ1n) is 7.50. The number of rotatable bonds is 4. The molecule has 124 valence electrons. The minimum Gasteiger partial charge on any atom is -0.373 e. The molecular formula is C16H18N6O2. The molecule has 0 saturated heterocycles. The molecule has 8 heteroatoms. The maximum absolute atomic E-state index is 12.5. The maximum atomic E-state index is 12.5. The minimum absolute atomic E-state index is 0.0205. The van der Waals surface area contributed by atoms with E-state index in [2.05, 4.69) is 19.9 Å². The standard InChI is InChI=1S/C16H18N6O2/c1-9(2)12-13(10-3-4-11(14(17)23)19-7-10)20-16(21-15(12)24)22-6-5-18-8-22/h3-9,14,23H,17H2,1-2H3,(H,20,21,24). The van der Waals surface area contributed by atoms with E-state index in [4.69, 9.17) is 5.73 Å². The number of aliphatic hydroxyl groups excluding tert-OH is 1. The van der Waals surface area contributed by atoms with Crippen molar-refractivity contribution >= 4 is 0 Å². The highest BCUT2D eigenvalue weighted by Crippen LogP contribution is 2.25. The minimum atomic E-state index is -1.14. The summed E-state index contributed by atoms with van der Waals surface area (Å²) in [5.41, 5.74) is 7.34. The zero-order valence-electron chi connectivity index (χ0n) is 13.3. The van der Waals surface area contributed by atoms with Crippen LogP contribution in [0.4, 0.5) is 0 Å². The van der Waals surface area contributed by atoms with Crippen molar-refractivity contribution in [1.29, 1.82) is 0 Å². The molecule has 3 aromatic heterocycles. The summed E-state index contributed by atoms with van der Waals surface area (Å²) in [6.45, 7) is 3.86. The van der Waals surface area contributed by atoms with Crippen LogP contribution in [0.15, 0.2) is 41.8 Å². The van der Waals surface area contributed by atoms with E-state index in [1.165, 1.54) is 0 Å². The lowest BCUT2D eigenvalue weighted by Gasteiger charge is -2.13. The summed E-state index contributed by atoms with van der Waals surface area (Å²) in [5.74, 6) is 0.354. The van der Waals surface area contributed by atoms with Gasteiger partial charge in [0.15, 0.2) is 0 Å². The van der Waals surface area contributed by atoms with E-state index in [0.717, 1.165) is 0 Å². The summed E-state index contributed by atoms with van der Waals surface area (Å²) in [6.07, 6.45) is 5.27. The fraction of sp³-hybridized carbons (Fsp3) is 0.250. The number of aromatic amines is 1. The molecule has 0 fully saturated rings. The van der Waals surface area contributed by atoms with Crippen LogP contribution in [0.5, 0.6) is 0 Å². The molecule has 1 atom stereocenters. The van der Waals surface area contributed by atoms with Crippen LogP contribution in [-0.2, 0) is 0 Å². The number of nitrogens with zero attached hydrogens (tertiary/aromatic N) is 4. The van der Waals surface area contributed by atoms with Crippen molar-refractivity contribution in [3.05, 3.63) is 58.7 Å². The number of aliphatic hydroxyl groups is 1. The Morgan fingerprint density at radius 3 is 2.67 bits per heavy atom. The molecule has 0 amide bonds. The largest absolute Gasteiger partial charge is 0.373 e. The molecule has 0 aromatic carbocycles.